The number of Topliss-reactive ketones (excluding diaryl/α,β-unsaturated/α-hetero) is 1. The molecule has 0 unspecified atom stereocenters. The Hall–Kier alpha value is -7.34. The third-order valence-corrected chi connectivity index (χ3v) is 10.0. The van der Waals surface area contributed by atoms with Gasteiger partial charge in [-0.25, -0.2) is 97.2 Å². The molecule has 7 aromatic rings. The molecule has 0 spiro atoms. The van der Waals surface area contributed by atoms with Gasteiger partial charge in [-0.2, -0.15) is 4.57 Å². The average Bonchev–Trinajstić information content (AvgIpc) is 3.32. The summed E-state index contributed by atoms with van der Waals surface area (Å²) >= 11 is 0. The van der Waals surface area contributed by atoms with E-state index in [1.165, 1.54) is 6.07 Å². The second-order valence-electron chi connectivity index (χ2n) is 13.7. The highest BCUT2D eigenvalue weighted by Crippen LogP contribution is 2.31. The van der Waals surface area contributed by atoms with Gasteiger partial charge in [0, 0.05) is 11.1 Å². The van der Waals surface area contributed by atoms with E-state index in [4.69, 9.17) is 0 Å². The summed E-state index contributed by atoms with van der Waals surface area (Å²) in [5.74, 6) is -71.7. The lowest BCUT2D eigenvalue weighted by Crippen LogP contribution is -2.81. The summed E-state index contributed by atoms with van der Waals surface area (Å²) in [6.45, 7) is 0.188. The van der Waals surface area contributed by atoms with Crippen LogP contribution < -0.4 is 26.4 Å². The number of benzene rings is 6. The van der Waals surface area contributed by atoms with Gasteiger partial charge in [-0.3, -0.25) is 4.79 Å². The van der Waals surface area contributed by atoms with Crippen LogP contribution in [0.25, 0.3) is 11.3 Å². The summed E-state index contributed by atoms with van der Waals surface area (Å²) in [5, 5.41) is 0. The number of halogens is 21. The van der Waals surface area contributed by atoms with Crippen molar-refractivity contribution in [3.05, 3.63) is 201 Å². The lowest BCUT2D eigenvalue weighted by Gasteiger charge is -2.44. The fourth-order valence-electron chi connectivity index (χ4n) is 7.09. The molecule has 0 saturated carbocycles. The number of carbonyl (C=O) groups excluding carboxylic acids is 1. The Kier molecular flexibility index (Phi) is 13.6. The van der Waals surface area contributed by atoms with E-state index >= 15 is 35.1 Å². The van der Waals surface area contributed by atoms with E-state index in [2.05, 4.69) is 4.98 Å². The minimum atomic E-state index is -7.22. The van der Waals surface area contributed by atoms with Crippen LogP contribution in [0, 0.1) is 122 Å². The summed E-state index contributed by atoms with van der Waals surface area (Å²) < 4.78 is 309. The molecular formula is C42H14BF21N2O. The van der Waals surface area contributed by atoms with Crippen molar-refractivity contribution in [3.63, 3.8) is 0 Å². The molecular weight excluding hydrogens is 958 g/mol. The van der Waals surface area contributed by atoms with E-state index in [9.17, 15) is 61.9 Å². The molecule has 25 heteroatoms. The van der Waals surface area contributed by atoms with Crippen LogP contribution in [0.3, 0.4) is 0 Å². The van der Waals surface area contributed by atoms with Crippen molar-refractivity contribution in [2.24, 2.45) is 0 Å². The van der Waals surface area contributed by atoms with Gasteiger partial charge in [0.05, 0.1) is 6.20 Å². The molecule has 1 heterocycles. The van der Waals surface area contributed by atoms with E-state index in [0.29, 0.717) is 16.8 Å². The predicted molar refractivity (Wildman–Crippen MR) is 190 cm³/mol. The minimum Gasteiger partial charge on any atom is -0.287 e. The van der Waals surface area contributed by atoms with Gasteiger partial charge in [0.15, 0.2) is 82.2 Å². The lowest BCUT2D eigenvalue weighted by atomic mass is 9.12. The van der Waals surface area contributed by atoms with Gasteiger partial charge in [-0.05, 0) is 12.1 Å². The summed E-state index contributed by atoms with van der Waals surface area (Å²) in [6, 6.07) is 15.5. The zero-order chi connectivity index (χ0) is 49.7. The Labute approximate surface area is 358 Å². The second kappa shape index (κ2) is 18.5. The molecule has 0 bridgehead atoms. The molecule has 3 nitrogen and oxygen atoms in total. The zero-order valence-electron chi connectivity index (χ0n) is 32.0. The van der Waals surface area contributed by atoms with Crippen LogP contribution in [0.4, 0.5) is 92.2 Å². The maximum absolute atomic E-state index is 15.4. The van der Waals surface area contributed by atoms with Gasteiger partial charge in [-0.1, -0.05) is 42.5 Å². The molecule has 0 fully saturated rings. The van der Waals surface area contributed by atoms with Crippen LogP contribution in [0.15, 0.2) is 73.2 Å². The number of ketones is 1. The number of carbonyl (C=O) groups is 1. The largest absolute Gasteiger partial charge is 0.287 e. The van der Waals surface area contributed by atoms with E-state index in [1.807, 2.05) is 18.2 Å². The zero-order valence-corrected chi connectivity index (χ0v) is 32.0. The highest BCUT2D eigenvalue weighted by atomic mass is 19.2. The molecule has 67 heavy (non-hydrogen) atoms. The summed E-state index contributed by atoms with van der Waals surface area (Å²) in [7, 11) is 0. The molecule has 6 aromatic carbocycles. The fraction of sp³-hybridized carbons (Fsp3) is 0.0238. The summed E-state index contributed by atoms with van der Waals surface area (Å²) in [6.07, 6.45) is -2.27. The third-order valence-electron chi connectivity index (χ3n) is 10.0. The number of hydrogen-bond donors (Lipinski definition) is 0. The highest BCUT2D eigenvalue weighted by Gasteiger charge is 2.52. The molecule has 0 aliphatic heterocycles. The monoisotopic (exact) mass is 972 g/mol. The van der Waals surface area contributed by atoms with Crippen LogP contribution in [-0.2, 0) is 6.54 Å². The molecule has 0 N–H and O–H groups in total. The Bertz CT molecular complexity index is 2770. The van der Waals surface area contributed by atoms with E-state index in [0.717, 1.165) is 0 Å². The van der Waals surface area contributed by atoms with Crippen molar-refractivity contribution in [2.45, 2.75) is 6.54 Å². The first-order valence-electron chi connectivity index (χ1n) is 17.9. The van der Waals surface area contributed by atoms with Gasteiger partial charge in [-0.15, -0.1) is 21.9 Å². The fourth-order valence-corrected chi connectivity index (χ4v) is 7.09. The third kappa shape index (κ3) is 7.98. The Morgan fingerprint density at radius 1 is 0.403 bits per heavy atom. The van der Waals surface area contributed by atoms with Crippen molar-refractivity contribution < 1.29 is 102 Å². The Morgan fingerprint density at radius 2 is 0.701 bits per heavy atom. The van der Waals surface area contributed by atoms with Gasteiger partial charge in [0.25, 0.3) is 0 Å². The van der Waals surface area contributed by atoms with E-state index < -0.39 is 144 Å². The first-order chi connectivity index (χ1) is 31.4. The number of nitrogens with zero attached hydrogens (tertiary/aromatic N) is 2. The first-order valence-corrected chi connectivity index (χ1v) is 17.9. The van der Waals surface area contributed by atoms with Crippen LogP contribution in [0.1, 0.15) is 10.4 Å². The van der Waals surface area contributed by atoms with Crippen molar-refractivity contribution in [3.8, 4) is 11.3 Å². The Balaban J connectivity index is 0.000000279. The SMILES string of the molecule is Fc1c(F)c(F)c([B-](c2c(F)c(F)c(F)c(F)c2F)(c2c(F)c(F)c(F)c(F)c2F)c2c(F)c(F)c(F)c(F)c2F)c(F)c1F.O=C(C[n+]1ccnc(-c2ccccc2F)c1)c1ccccc1. The van der Waals surface area contributed by atoms with Crippen molar-refractivity contribution >= 4 is 33.8 Å². The lowest BCUT2D eigenvalue weighted by molar-refractivity contribution is -0.683. The standard InChI is InChI=1S/C24BF20.C18H14FN2O/c26-5-1(6(27)14(35)21(42)13(5)34)25(2-7(28)15(36)22(43)16(37)8(2)29,3-9(30)17(38)23(44)18(39)10(3)31)4-11(32)19(40)24(45)20(41)12(4)33;19-16-9-5-4-8-15(16)17-12-21(11-10-20-17)13-18(22)14-6-2-1-3-7-14/h;1-12H,13H2/q-1;+1. The second-order valence-corrected chi connectivity index (χ2v) is 13.7. The molecule has 1 aromatic heterocycles. The van der Waals surface area contributed by atoms with Gasteiger partial charge < -0.3 is 0 Å². The van der Waals surface area contributed by atoms with Gasteiger partial charge in [0.1, 0.15) is 64.2 Å². The quantitative estimate of drug-likeness (QED) is 0.0381. The molecule has 0 saturated heterocycles. The predicted octanol–water partition coefficient (Wildman–Crippen LogP) is 8.90. The average molecular weight is 972 g/mol. The van der Waals surface area contributed by atoms with E-state index in [-0.39, 0.29) is 18.1 Å². The Morgan fingerprint density at radius 3 is 1.03 bits per heavy atom. The number of aromatic nitrogens is 2. The van der Waals surface area contributed by atoms with Gasteiger partial charge >= 0.3 is 0 Å². The van der Waals surface area contributed by atoms with Gasteiger partial charge in [0.2, 0.25) is 12.3 Å². The molecule has 0 atom stereocenters. The molecule has 0 amide bonds. The maximum Gasteiger partial charge on any atom is 0.227 e. The maximum atomic E-state index is 15.4. The van der Waals surface area contributed by atoms with Crippen LogP contribution in [0.5, 0.6) is 0 Å². The molecule has 0 radical (unpaired) electrons. The van der Waals surface area contributed by atoms with Crippen LogP contribution in [-0.4, -0.2) is 16.9 Å². The van der Waals surface area contributed by atoms with Crippen molar-refractivity contribution in [1.29, 1.82) is 0 Å². The van der Waals surface area contributed by atoms with Crippen molar-refractivity contribution in [2.75, 3.05) is 0 Å². The minimum absolute atomic E-state index is 0.00344. The number of hydrogen-bond acceptors (Lipinski definition) is 2. The topological polar surface area (TPSA) is 33.8 Å². The van der Waals surface area contributed by atoms with Crippen LogP contribution in [0.2, 0.25) is 0 Å². The summed E-state index contributed by atoms with van der Waals surface area (Å²) in [5.41, 5.74) is -12.8. The number of rotatable bonds is 8. The van der Waals surface area contributed by atoms with E-state index in [1.54, 1.807) is 53.5 Å². The normalized spacial score (nSPS) is 11.5. The van der Waals surface area contributed by atoms with Crippen LogP contribution >= 0.6 is 0 Å². The molecule has 7 rings (SSSR count). The first kappa shape index (κ1) is 49.1. The molecule has 0 aliphatic carbocycles. The van der Waals surface area contributed by atoms with Crippen molar-refractivity contribution in [1.82, 2.24) is 4.98 Å². The molecule has 0 aliphatic rings. The summed E-state index contributed by atoms with van der Waals surface area (Å²) in [4.78, 5) is 16.4. The smallest absolute Gasteiger partial charge is 0.227 e. The highest BCUT2D eigenvalue weighted by molar-refractivity contribution is 7.20. The molecule has 348 valence electrons.